The van der Waals surface area contributed by atoms with Crippen molar-refractivity contribution >= 4 is 0 Å². The summed E-state index contributed by atoms with van der Waals surface area (Å²) >= 11 is 0. The largest absolute Gasteiger partial charge is 0.341 e. The van der Waals surface area contributed by atoms with Gasteiger partial charge in [-0.25, -0.2) is 4.98 Å². The van der Waals surface area contributed by atoms with Gasteiger partial charge >= 0.3 is 0 Å². The SMILES string of the molecule is Cc1[nH]c(C[N+](C)(C)C)nc1C[N+](C)(C)C. The molecule has 0 saturated heterocycles. The van der Waals surface area contributed by atoms with Gasteiger partial charge in [0, 0.05) is 5.69 Å². The number of aromatic amines is 1. The normalized spacial score (nSPS) is 13.2. The molecule has 1 heterocycles. The fourth-order valence-electron chi connectivity index (χ4n) is 1.69. The van der Waals surface area contributed by atoms with Crippen LogP contribution in [0.4, 0.5) is 0 Å². The van der Waals surface area contributed by atoms with E-state index in [-0.39, 0.29) is 0 Å². The summed E-state index contributed by atoms with van der Waals surface area (Å²) in [5, 5.41) is 0. The van der Waals surface area contributed by atoms with E-state index in [9.17, 15) is 0 Å². The van der Waals surface area contributed by atoms with Crippen molar-refractivity contribution in [2.24, 2.45) is 0 Å². The number of imidazole rings is 1. The summed E-state index contributed by atoms with van der Waals surface area (Å²) in [5.74, 6) is 1.09. The molecule has 0 aliphatic rings. The van der Waals surface area contributed by atoms with Gasteiger partial charge in [-0.3, -0.25) is 0 Å². The average Bonchev–Trinajstić information content (AvgIpc) is 2.23. The summed E-state index contributed by atoms with van der Waals surface area (Å²) in [5.41, 5.74) is 2.40. The van der Waals surface area contributed by atoms with Crippen LogP contribution < -0.4 is 0 Å². The molecular weight excluding hydrogens is 200 g/mol. The van der Waals surface area contributed by atoms with Gasteiger partial charge in [-0.1, -0.05) is 0 Å². The van der Waals surface area contributed by atoms with Crippen LogP contribution in [0.5, 0.6) is 0 Å². The van der Waals surface area contributed by atoms with Crippen molar-refractivity contribution in [2.75, 3.05) is 42.3 Å². The number of hydrogen-bond acceptors (Lipinski definition) is 1. The molecule has 0 saturated carbocycles. The van der Waals surface area contributed by atoms with Crippen LogP contribution in [0.3, 0.4) is 0 Å². The van der Waals surface area contributed by atoms with Crippen LogP contribution in [0.15, 0.2) is 0 Å². The highest BCUT2D eigenvalue weighted by molar-refractivity contribution is 5.11. The van der Waals surface area contributed by atoms with Crippen molar-refractivity contribution in [1.82, 2.24) is 9.97 Å². The Hall–Kier alpha value is -0.870. The minimum atomic E-state index is 0.900. The summed E-state index contributed by atoms with van der Waals surface area (Å²) in [4.78, 5) is 8.08. The molecule has 4 heteroatoms. The number of aromatic nitrogens is 2. The number of H-pyrrole nitrogens is 1. The predicted molar refractivity (Wildman–Crippen MR) is 66.8 cm³/mol. The minimum Gasteiger partial charge on any atom is -0.341 e. The third kappa shape index (κ3) is 4.33. The Morgan fingerprint density at radius 1 is 0.938 bits per heavy atom. The van der Waals surface area contributed by atoms with Gasteiger partial charge < -0.3 is 14.0 Å². The van der Waals surface area contributed by atoms with Crippen LogP contribution in [-0.2, 0) is 13.1 Å². The maximum atomic E-state index is 4.69. The first-order chi connectivity index (χ1) is 7.07. The molecule has 0 unspecified atom stereocenters. The van der Waals surface area contributed by atoms with E-state index in [1.807, 2.05) is 0 Å². The highest BCUT2D eigenvalue weighted by atomic mass is 15.3. The van der Waals surface area contributed by atoms with Gasteiger partial charge in [-0.15, -0.1) is 0 Å². The quantitative estimate of drug-likeness (QED) is 0.766. The van der Waals surface area contributed by atoms with E-state index in [1.165, 1.54) is 11.4 Å². The van der Waals surface area contributed by atoms with Gasteiger partial charge in [-0.2, -0.15) is 0 Å². The molecular formula is C12H26N4+2. The van der Waals surface area contributed by atoms with Crippen molar-refractivity contribution in [1.29, 1.82) is 0 Å². The lowest BCUT2D eigenvalue weighted by molar-refractivity contribution is -0.885. The first-order valence-electron chi connectivity index (χ1n) is 5.72. The van der Waals surface area contributed by atoms with E-state index in [0.717, 1.165) is 27.9 Å². The summed E-state index contributed by atoms with van der Waals surface area (Å²) in [6.07, 6.45) is 0. The van der Waals surface area contributed by atoms with Crippen molar-refractivity contribution in [2.45, 2.75) is 20.0 Å². The van der Waals surface area contributed by atoms with Crippen LogP contribution in [0, 0.1) is 6.92 Å². The molecule has 16 heavy (non-hydrogen) atoms. The zero-order valence-electron chi connectivity index (χ0n) is 11.8. The number of hydrogen-bond donors (Lipinski definition) is 1. The van der Waals surface area contributed by atoms with E-state index in [1.54, 1.807) is 0 Å². The first-order valence-corrected chi connectivity index (χ1v) is 5.72. The van der Waals surface area contributed by atoms with Gasteiger partial charge in [0.1, 0.15) is 18.8 Å². The second-order valence-electron chi connectivity index (χ2n) is 6.65. The van der Waals surface area contributed by atoms with Crippen LogP contribution in [0.1, 0.15) is 17.2 Å². The highest BCUT2D eigenvalue weighted by Gasteiger charge is 2.18. The molecule has 4 nitrogen and oxygen atoms in total. The fourth-order valence-corrected chi connectivity index (χ4v) is 1.69. The van der Waals surface area contributed by atoms with Crippen molar-refractivity contribution in [3.8, 4) is 0 Å². The number of nitrogens with one attached hydrogen (secondary N) is 1. The Kier molecular flexibility index (Phi) is 3.45. The zero-order chi connectivity index (χ0) is 12.6. The van der Waals surface area contributed by atoms with Crippen molar-refractivity contribution in [3.05, 3.63) is 17.2 Å². The zero-order valence-corrected chi connectivity index (χ0v) is 11.8. The maximum Gasteiger partial charge on any atom is 0.162 e. The molecule has 0 spiro atoms. The Balaban J connectivity index is 2.82. The fraction of sp³-hybridized carbons (Fsp3) is 0.750. The molecule has 0 radical (unpaired) electrons. The molecule has 1 aromatic heterocycles. The van der Waals surface area contributed by atoms with Crippen LogP contribution in [-0.4, -0.2) is 61.2 Å². The Labute approximate surface area is 99.1 Å². The predicted octanol–water partition coefficient (Wildman–Crippen LogP) is 1.13. The summed E-state index contributed by atoms with van der Waals surface area (Å²) < 4.78 is 1.81. The smallest absolute Gasteiger partial charge is 0.162 e. The summed E-state index contributed by atoms with van der Waals surface area (Å²) in [7, 11) is 13.1. The first kappa shape index (κ1) is 13.2. The number of aryl methyl sites for hydroxylation is 1. The van der Waals surface area contributed by atoms with Crippen molar-refractivity contribution in [3.63, 3.8) is 0 Å². The molecule has 92 valence electrons. The second-order valence-corrected chi connectivity index (χ2v) is 6.65. The van der Waals surface area contributed by atoms with E-state index in [4.69, 9.17) is 4.98 Å². The molecule has 0 amide bonds. The second kappa shape index (κ2) is 4.18. The van der Waals surface area contributed by atoms with Crippen LogP contribution in [0.2, 0.25) is 0 Å². The molecule has 1 rings (SSSR count). The molecule has 1 aromatic rings. The lowest BCUT2D eigenvalue weighted by atomic mass is 10.3. The van der Waals surface area contributed by atoms with Crippen LogP contribution in [0.25, 0.3) is 0 Å². The molecule has 0 aliphatic carbocycles. The third-order valence-corrected chi connectivity index (χ3v) is 2.28. The number of nitrogens with zero attached hydrogens (tertiary/aromatic N) is 3. The summed E-state index contributed by atoms with van der Waals surface area (Å²) in [6, 6.07) is 0. The standard InChI is InChI=1S/C12H26N4/c1-10-11(8-15(2,3)4)14-12(13-10)9-16(5,6)7/h8-9H2,1-7H3,(H,13,14)/q+2. The van der Waals surface area contributed by atoms with Gasteiger partial charge in [0.15, 0.2) is 5.82 Å². The highest BCUT2D eigenvalue weighted by Crippen LogP contribution is 2.12. The van der Waals surface area contributed by atoms with E-state index < -0.39 is 0 Å². The average molecular weight is 226 g/mol. The third-order valence-electron chi connectivity index (χ3n) is 2.28. The molecule has 0 fully saturated rings. The van der Waals surface area contributed by atoms with Crippen molar-refractivity contribution < 1.29 is 8.97 Å². The number of rotatable bonds is 4. The Bertz CT molecular complexity index is 352. The summed E-state index contributed by atoms with van der Waals surface area (Å²) in [6.45, 7) is 4.02. The molecule has 0 bridgehead atoms. The monoisotopic (exact) mass is 226 g/mol. The molecule has 0 aliphatic heterocycles. The Morgan fingerprint density at radius 3 is 1.88 bits per heavy atom. The van der Waals surface area contributed by atoms with Gasteiger partial charge in [0.05, 0.1) is 42.3 Å². The van der Waals surface area contributed by atoms with E-state index in [0.29, 0.717) is 0 Å². The van der Waals surface area contributed by atoms with Gasteiger partial charge in [-0.05, 0) is 6.92 Å². The van der Waals surface area contributed by atoms with Gasteiger partial charge in [0.2, 0.25) is 0 Å². The van der Waals surface area contributed by atoms with E-state index in [2.05, 4.69) is 54.2 Å². The maximum absolute atomic E-state index is 4.69. The van der Waals surface area contributed by atoms with Crippen LogP contribution >= 0.6 is 0 Å². The Morgan fingerprint density at radius 2 is 1.44 bits per heavy atom. The molecule has 0 aromatic carbocycles. The lowest BCUT2D eigenvalue weighted by Crippen LogP contribution is -2.34. The lowest BCUT2D eigenvalue weighted by Gasteiger charge is -2.23. The molecule has 0 atom stereocenters. The van der Waals surface area contributed by atoms with E-state index >= 15 is 0 Å². The minimum absolute atomic E-state index is 0.900. The topological polar surface area (TPSA) is 28.7 Å². The van der Waals surface area contributed by atoms with Gasteiger partial charge in [0.25, 0.3) is 0 Å². The number of quaternary nitrogens is 2. The molecule has 1 N–H and O–H groups in total.